The first kappa shape index (κ1) is 12.6. The number of carbonyl (C=O) groups excluding carboxylic acids is 1. The second-order valence-corrected chi connectivity index (χ2v) is 4.57. The van der Waals surface area contributed by atoms with Gasteiger partial charge < -0.3 is 14.2 Å². The van der Waals surface area contributed by atoms with Crippen LogP contribution in [0.3, 0.4) is 0 Å². The Morgan fingerprint density at radius 1 is 1.41 bits per heavy atom. The molecular weight excluding hydrogens is 220 g/mol. The molecule has 0 spiro atoms. The van der Waals surface area contributed by atoms with E-state index in [1.165, 1.54) is 0 Å². The van der Waals surface area contributed by atoms with Gasteiger partial charge in [-0.1, -0.05) is 18.6 Å². The molecule has 0 N–H and O–H groups in total. The van der Waals surface area contributed by atoms with Gasteiger partial charge in [-0.3, -0.25) is 4.79 Å². The average molecular weight is 240 g/mol. The van der Waals surface area contributed by atoms with E-state index in [0.29, 0.717) is 12.7 Å². The van der Waals surface area contributed by atoms with Crippen LogP contribution in [0.4, 0.5) is 0 Å². The average Bonchev–Trinajstić information content (AvgIpc) is 3.19. The van der Waals surface area contributed by atoms with Gasteiger partial charge >= 0.3 is 5.97 Å². The van der Waals surface area contributed by atoms with Gasteiger partial charge in [0.05, 0.1) is 25.2 Å². The van der Waals surface area contributed by atoms with Crippen LogP contribution in [0.1, 0.15) is 26.7 Å². The van der Waals surface area contributed by atoms with E-state index in [1.54, 1.807) is 0 Å². The Morgan fingerprint density at radius 3 is 2.53 bits per heavy atom. The fraction of sp³-hybridized carbons (Fsp3) is 0.769. The number of esters is 1. The summed E-state index contributed by atoms with van der Waals surface area (Å²) in [6.07, 6.45) is 4.10. The van der Waals surface area contributed by atoms with E-state index in [1.807, 2.05) is 19.9 Å². The number of ether oxygens (including phenoxy) is 3. The molecule has 2 aliphatic heterocycles. The molecule has 3 atom stereocenters. The lowest BCUT2D eigenvalue weighted by molar-refractivity contribution is -0.147. The Morgan fingerprint density at radius 2 is 2.06 bits per heavy atom. The molecule has 3 unspecified atom stereocenters. The van der Waals surface area contributed by atoms with Crippen molar-refractivity contribution < 1.29 is 19.0 Å². The molecule has 4 heteroatoms. The molecular formula is C13H20O4. The van der Waals surface area contributed by atoms with Crippen molar-refractivity contribution in [2.45, 2.75) is 38.9 Å². The molecule has 0 aromatic carbocycles. The Balaban J connectivity index is 1.84. The van der Waals surface area contributed by atoms with Gasteiger partial charge in [0.15, 0.2) is 0 Å². The van der Waals surface area contributed by atoms with Crippen molar-refractivity contribution in [2.24, 2.45) is 5.92 Å². The highest BCUT2D eigenvalue weighted by Crippen LogP contribution is 2.27. The van der Waals surface area contributed by atoms with Crippen molar-refractivity contribution in [2.75, 3.05) is 19.8 Å². The summed E-state index contributed by atoms with van der Waals surface area (Å²) in [4.78, 5) is 11.9. The number of allylic oxidation sites excluding steroid dienone is 1. The van der Waals surface area contributed by atoms with E-state index in [-0.39, 0.29) is 18.0 Å². The van der Waals surface area contributed by atoms with Crippen molar-refractivity contribution >= 4 is 5.97 Å². The quantitative estimate of drug-likeness (QED) is 0.386. The number of rotatable bonds is 7. The summed E-state index contributed by atoms with van der Waals surface area (Å²) in [5, 5.41) is 0. The van der Waals surface area contributed by atoms with E-state index < -0.39 is 0 Å². The second kappa shape index (κ2) is 5.65. The summed E-state index contributed by atoms with van der Waals surface area (Å²) >= 11 is 0. The summed E-state index contributed by atoms with van der Waals surface area (Å²) in [6.45, 7) is 5.91. The largest absolute Gasteiger partial charge is 0.462 e. The molecule has 0 radical (unpaired) electrons. The normalized spacial score (nSPS) is 28.7. The van der Waals surface area contributed by atoms with Crippen LogP contribution in [0.15, 0.2) is 11.6 Å². The molecule has 0 amide bonds. The highest BCUT2D eigenvalue weighted by Gasteiger charge is 2.31. The molecule has 0 aromatic heterocycles. The molecule has 4 nitrogen and oxygen atoms in total. The first-order chi connectivity index (χ1) is 8.24. The molecule has 2 heterocycles. The minimum absolute atomic E-state index is 0.122. The topological polar surface area (TPSA) is 51.4 Å². The molecule has 0 aromatic rings. The molecule has 17 heavy (non-hydrogen) atoms. The van der Waals surface area contributed by atoms with E-state index in [2.05, 4.69) is 0 Å². The van der Waals surface area contributed by atoms with Crippen LogP contribution in [-0.4, -0.2) is 38.0 Å². The molecule has 0 bridgehead atoms. The lowest BCUT2D eigenvalue weighted by atomic mass is 9.92. The van der Waals surface area contributed by atoms with Crippen molar-refractivity contribution in [1.82, 2.24) is 0 Å². The summed E-state index contributed by atoms with van der Waals surface area (Å²) < 4.78 is 15.5. The highest BCUT2D eigenvalue weighted by atomic mass is 16.6. The predicted molar refractivity (Wildman–Crippen MR) is 62.6 cm³/mol. The van der Waals surface area contributed by atoms with Gasteiger partial charge in [0, 0.05) is 0 Å². The van der Waals surface area contributed by atoms with Gasteiger partial charge in [-0.2, -0.15) is 0 Å². The van der Waals surface area contributed by atoms with E-state index in [4.69, 9.17) is 14.2 Å². The third-order valence-corrected chi connectivity index (χ3v) is 3.19. The Hall–Kier alpha value is -0.870. The SMILES string of the molecule is CC=C(CC1CO1)C(CC)C(=O)OCC1CO1. The molecule has 2 rings (SSSR count). The van der Waals surface area contributed by atoms with Crippen LogP contribution in [0.2, 0.25) is 0 Å². The third kappa shape index (κ3) is 3.82. The number of hydrogen-bond acceptors (Lipinski definition) is 4. The fourth-order valence-electron chi connectivity index (χ4n) is 1.93. The molecule has 96 valence electrons. The number of hydrogen-bond donors (Lipinski definition) is 0. The monoisotopic (exact) mass is 240 g/mol. The lowest BCUT2D eigenvalue weighted by Gasteiger charge is -2.16. The maximum absolute atomic E-state index is 11.9. The lowest BCUT2D eigenvalue weighted by Crippen LogP contribution is -2.22. The minimum Gasteiger partial charge on any atom is -0.462 e. The number of carbonyl (C=O) groups is 1. The van der Waals surface area contributed by atoms with Crippen molar-refractivity contribution in [1.29, 1.82) is 0 Å². The highest BCUT2D eigenvalue weighted by molar-refractivity contribution is 5.75. The summed E-state index contributed by atoms with van der Waals surface area (Å²) in [7, 11) is 0. The third-order valence-electron chi connectivity index (χ3n) is 3.19. The predicted octanol–water partition coefficient (Wildman–Crippen LogP) is 1.69. The molecule has 2 saturated heterocycles. The van der Waals surface area contributed by atoms with Gasteiger partial charge in [-0.25, -0.2) is 0 Å². The molecule has 2 aliphatic rings. The fourth-order valence-corrected chi connectivity index (χ4v) is 1.93. The first-order valence-electron chi connectivity index (χ1n) is 6.29. The minimum atomic E-state index is -0.128. The van der Waals surface area contributed by atoms with Crippen LogP contribution in [-0.2, 0) is 19.0 Å². The van der Waals surface area contributed by atoms with Crippen LogP contribution < -0.4 is 0 Å². The van der Waals surface area contributed by atoms with Gasteiger partial charge in [0.1, 0.15) is 12.7 Å². The maximum Gasteiger partial charge on any atom is 0.313 e. The van der Waals surface area contributed by atoms with Crippen LogP contribution >= 0.6 is 0 Å². The van der Waals surface area contributed by atoms with Gasteiger partial charge in [-0.15, -0.1) is 0 Å². The summed E-state index contributed by atoms with van der Waals surface area (Å²) in [5.74, 6) is -0.250. The van der Waals surface area contributed by atoms with Crippen molar-refractivity contribution in [3.63, 3.8) is 0 Å². The molecule has 0 aliphatic carbocycles. The Bertz CT molecular complexity index is 303. The maximum atomic E-state index is 11.9. The van der Waals surface area contributed by atoms with Gasteiger partial charge in [0.2, 0.25) is 0 Å². The van der Waals surface area contributed by atoms with Gasteiger partial charge in [0.25, 0.3) is 0 Å². The zero-order valence-electron chi connectivity index (χ0n) is 10.5. The van der Waals surface area contributed by atoms with Gasteiger partial charge in [-0.05, 0) is 19.8 Å². The van der Waals surface area contributed by atoms with Crippen LogP contribution in [0.5, 0.6) is 0 Å². The zero-order valence-corrected chi connectivity index (χ0v) is 10.5. The number of epoxide rings is 2. The summed E-state index contributed by atoms with van der Waals surface area (Å²) in [6, 6.07) is 0. The summed E-state index contributed by atoms with van der Waals surface area (Å²) in [5.41, 5.74) is 1.14. The Labute approximate surface area is 102 Å². The van der Waals surface area contributed by atoms with Crippen molar-refractivity contribution in [3.05, 3.63) is 11.6 Å². The van der Waals surface area contributed by atoms with Crippen LogP contribution in [0.25, 0.3) is 0 Å². The second-order valence-electron chi connectivity index (χ2n) is 4.57. The first-order valence-corrected chi connectivity index (χ1v) is 6.29. The smallest absolute Gasteiger partial charge is 0.313 e. The molecule has 2 fully saturated rings. The van der Waals surface area contributed by atoms with E-state index in [0.717, 1.165) is 31.6 Å². The van der Waals surface area contributed by atoms with Crippen LogP contribution in [0, 0.1) is 5.92 Å². The van der Waals surface area contributed by atoms with Crippen molar-refractivity contribution in [3.8, 4) is 0 Å². The molecule has 0 saturated carbocycles. The van der Waals surface area contributed by atoms with E-state index >= 15 is 0 Å². The standard InChI is InChI=1S/C13H20O4/c1-3-9(5-10-6-15-10)12(4-2)13(14)17-8-11-7-16-11/h3,10-12H,4-8H2,1-2H3. The Kier molecular flexibility index (Phi) is 4.18. The zero-order chi connectivity index (χ0) is 12.3. The van der Waals surface area contributed by atoms with E-state index in [9.17, 15) is 4.79 Å².